The van der Waals surface area contributed by atoms with Gasteiger partial charge in [-0.05, 0) is 47.9 Å². The van der Waals surface area contributed by atoms with Gasteiger partial charge in [-0.25, -0.2) is 9.78 Å². The highest BCUT2D eigenvalue weighted by molar-refractivity contribution is 5.92. The molecule has 0 aliphatic carbocycles. The standard InChI is InChI=1S/C29H24N4O4/c1-36-22-15-13-20(14-16-22)27-30-28-24-10-4-5-11-25(24)32(29(35)33(28)31-27)17-21(34)18-37-26-12-6-8-19-7-2-3-9-23(19)26/h2-16,21,34H,17-18H2,1H3. The maximum atomic E-state index is 13.5. The molecule has 1 atom stereocenters. The maximum Gasteiger partial charge on any atom is 0.351 e. The summed E-state index contributed by atoms with van der Waals surface area (Å²) in [6, 6.07) is 28.5. The molecule has 0 aliphatic heterocycles. The van der Waals surface area contributed by atoms with Crippen LogP contribution in [0.1, 0.15) is 0 Å². The van der Waals surface area contributed by atoms with Gasteiger partial charge in [-0.2, -0.15) is 4.52 Å². The largest absolute Gasteiger partial charge is 0.497 e. The lowest BCUT2D eigenvalue weighted by Crippen LogP contribution is -2.34. The third kappa shape index (κ3) is 4.17. The number of para-hydroxylation sites is 1. The van der Waals surface area contributed by atoms with Crippen LogP contribution in [-0.4, -0.2) is 44.1 Å². The number of fused-ring (bicyclic) bond motifs is 4. The third-order valence-corrected chi connectivity index (χ3v) is 6.38. The highest BCUT2D eigenvalue weighted by Gasteiger charge is 2.18. The molecule has 0 saturated heterocycles. The van der Waals surface area contributed by atoms with Gasteiger partial charge in [0.15, 0.2) is 11.5 Å². The Kier molecular flexibility index (Phi) is 5.78. The molecule has 0 spiro atoms. The lowest BCUT2D eigenvalue weighted by Gasteiger charge is -2.17. The lowest BCUT2D eigenvalue weighted by atomic mass is 10.1. The summed E-state index contributed by atoms with van der Waals surface area (Å²) >= 11 is 0. The zero-order chi connectivity index (χ0) is 25.4. The SMILES string of the molecule is COc1ccc(-c2nc3c4ccccc4n(CC(O)COc4cccc5ccccc45)c(=O)n3n2)cc1. The van der Waals surface area contributed by atoms with Crippen LogP contribution in [-0.2, 0) is 6.54 Å². The Morgan fingerprint density at radius 1 is 0.892 bits per heavy atom. The number of aromatic nitrogens is 4. The molecule has 0 aliphatic rings. The molecule has 0 saturated carbocycles. The van der Waals surface area contributed by atoms with Gasteiger partial charge in [0.1, 0.15) is 24.2 Å². The van der Waals surface area contributed by atoms with Crippen molar-refractivity contribution in [2.75, 3.05) is 13.7 Å². The smallest absolute Gasteiger partial charge is 0.351 e. The molecule has 37 heavy (non-hydrogen) atoms. The Balaban J connectivity index is 1.34. The van der Waals surface area contributed by atoms with Crippen LogP contribution in [0.15, 0.2) is 95.8 Å². The average Bonchev–Trinajstić information content (AvgIpc) is 3.40. The first-order valence-corrected chi connectivity index (χ1v) is 11.9. The second kappa shape index (κ2) is 9.40. The number of methoxy groups -OCH3 is 1. The number of rotatable bonds is 7. The minimum absolute atomic E-state index is 0.0290. The molecule has 0 bridgehead atoms. The fourth-order valence-corrected chi connectivity index (χ4v) is 4.55. The fourth-order valence-electron chi connectivity index (χ4n) is 4.55. The summed E-state index contributed by atoms with van der Waals surface area (Å²) in [5, 5.41) is 18.2. The molecule has 6 aromatic rings. The minimum Gasteiger partial charge on any atom is -0.497 e. The van der Waals surface area contributed by atoms with E-state index in [2.05, 4.69) is 10.1 Å². The van der Waals surface area contributed by atoms with Crippen LogP contribution >= 0.6 is 0 Å². The summed E-state index contributed by atoms with van der Waals surface area (Å²) < 4.78 is 14.0. The molecule has 0 radical (unpaired) electrons. The Bertz CT molecular complexity index is 1790. The van der Waals surface area contributed by atoms with Crippen LogP contribution < -0.4 is 15.2 Å². The van der Waals surface area contributed by atoms with Crippen LogP contribution in [0, 0.1) is 0 Å². The molecular weight excluding hydrogens is 468 g/mol. The Hall–Kier alpha value is -4.69. The van der Waals surface area contributed by atoms with E-state index in [0.717, 1.165) is 27.5 Å². The van der Waals surface area contributed by atoms with Crippen LogP contribution in [0.2, 0.25) is 0 Å². The molecule has 2 aromatic heterocycles. The summed E-state index contributed by atoms with van der Waals surface area (Å²) in [6.07, 6.45) is -0.929. The molecule has 8 nitrogen and oxygen atoms in total. The van der Waals surface area contributed by atoms with Gasteiger partial charge in [0.2, 0.25) is 0 Å². The van der Waals surface area contributed by atoms with E-state index in [1.54, 1.807) is 7.11 Å². The first-order valence-electron chi connectivity index (χ1n) is 11.9. The highest BCUT2D eigenvalue weighted by Crippen LogP contribution is 2.26. The van der Waals surface area contributed by atoms with Crippen LogP contribution in [0.5, 0.6) is 11.5 Å². The third-order valence-electron chi connectivity index (χ3n) is 6.38. The van der Waals surface area contributed by atoms with Crippen molar-refractivity contribution in [2.45, 2.75) is 12.6 Å². The van der Waals surface area contributed by atoms with E-state index in [-0.39, 0.29) is 18.8 Å². The van der Waals surface area contributed by atoms with Gasteiger partial charge in [0.05, 0.1) is 19.2 Å². The zero-order valence-electron chi connectivity index (χ0n) is 20.1. The van der Waals surface area contributed by atoms with Crippen molar-refractivity contribution < 1.29 is 14.6 Å². The summed E-state index contributed by atoms with van der Waals surface area (Å²) in [5.74, 6) is 1.84. The van der Waals surface area contributed by atoms with E-state index in [0.29, 0.717) is 22.7 Å². The minimum atomic E-state index is -0.929. The van der Waals surface area contributed by atoms with Crippen molar-refractivity contribution in [2.24, 2.45) is 0 Å². The van der Waals surface area contributed by atoms with Crippen molar-refractivity contribution >= 4 is 27.3 Å². The highest BCUT2D eigenvalue weighted by atomic mass is 16.5. The number of hydrogen-bond acceptors (Lipinski definition) is 6. The molecule has 1 unspecified atom stereocenters. The molecule has 0 fully saturated rings. The number of aliphatic hydroxyl groups excluding tert-OH is 1. The van der Waals surface area contributed by atoms with Crippen molar-refractivity contribution in [1.82, 2.24) is 19.2 Å². The van der Waals surface area contributed by atoms with Crippen LogP contribution in [0.4, 0.5) is 0 Å². The molecule has 1 N–H and O–H groups in total. The van der Waals surface area contributed by atoms with Crippen LogP contribution in [0.25, 0.3) is 38.7 Å². The quantitative estimate of drug-likeness (QED) is 0.357. The van der Waals surface area contributed by atoms with E-state index in [1.165, 1.54) is 9.08 Å². The van der Waals surface area contributed by atoms with Gasteiger partial charge in [-0.15, -0.1) is 5.10 Å². The van der Waals surface area contributed by atoms with Gasteiger partial charge in [-0.3, -0.25) is 4.57 Å². The zero-order valence-corrected chi connectivity index (χ0v) is 20.1. The Morgan fingerprint density at radius 2 is 1.62 bits per heavy atom. The molecule has 2 heterocycles. The topological polar surface area (TPSA) is 90.9 Å². The van der Waals surface area contributed by atoms with Gasteiger partial charge in [0.25, 0.3) is 0 Å². The summed E-state index contributed by atoms with van der Waals surface area (Å²) in [5.41, 5.74) is 1.51. The molecule has 0 amide bonds. The number of hydrogen-bond donors (Lipinski definition) is 1. The summed E-state index contributed by atoms with van der Waals surface area (Å²) in [4.78, 5) is 18.2. The molecule has 6 rings (SSSR count). The van der Waals surface area contributed by atoms with Crippen molar-refractivity contribution in [3.8, 4) is 22.9 Å². The Labute approximate surface area is 212 Å². The monoisotopic (exact) mass is 492 g/mol. The Morgan fingerprint density at radius 3 is 2.43 bits per heavy atom. The first kappa shape index (κ1) is 22.8. The van der Waals surface area contributed by atoms with Gasteiger partial charge in [-0.1, -0.05) is 48.5 Å². The summed E-state index contributed by atoms with van der Waals surface area (Å²) in [7, 11) is 1.61. The maximum absolute atomic E-state index is 13.5. The van der Waals surface area contributed by atoms with Crippen molar-refractivity contribution in [1.29, 1.82) is 0 Å². The van der Waals surface area contributed by atoms with E-state index < -0.39 is 6.10 Å². The first-order chi connectivity index (χ1) is 18.1. The number of aliphatic hydroxyl groups is 1. The molecule has 4 aromatic carbocycles. The molecule has 8 heteroatoms. The number of nitrogens with zero attached hydrogens (tertiary/aromatic N) is 4. The number of ether oxygens (including phenoxy) is 2. The van der Waals surface area contributed by atoms with Crippen LogP contribution in [0.3, 0.4) is 0 Å². The summed E-state index contributed by atoms with van der Waals surface area (Å²) in [6.45, 7) is 0.0685. The van der Waals surface area contributed by atoms with E-state index in [4.69, 9.17) is 9.47 Å². The molecular formula is C29H24N4O4. The van der Waals surface area contributed by atoms with Gasteiger partial charge >= 0.3 is 5.69 Å². The number of benzene rings is 4. The van der Waals surface area contributed by atoms with Crippen molar-refractivity contribution in [3.05, 3.63) is 101 Å². The second-order valence-corrected chi connectivity index (χ2v) is 8.75. The van der Waals surface area contributed by atoms with E-state index in [9.17, 15) is 9.90 Å². The van der Waals surface area contributed by atoms with Gasteiger partial charge < -0.3 is 14.6 Å². The van der Waals surface area contributed by atoms with Gasteiger partial charge in [0, 0.05) is 16.3 Å². The predicted octanol–water partition coefficient (Wildman–Crippen LogP) is 4.31. The van der Waals surface area contributed by atoms with E-state index >= 15 is 0 Å². The van der Waals surface area contributed by atoms with E-state index in [1.807, 2.05) is 91.0 Å². The second-order valence-electron chi connectivity index (χ2n) is 8.75. The van der Waals surface area contributed by atoms with Crippen molar-refractivity contribution in [3.63, 3.8) is 0 Å². The predicted molar refractivity (Wildman–Crippen MR) is 142 cm³/mol. The fraction of sp³-hybridized carbons (Fsp3) is 0.138. The normalized spacial score (nSPS) is 12.3. The average molecular weight is 493 g/mol. The molecule has 184 valence electrons. The lowest BCUT2D eigenvalue weighted by molar-refractivity contribution is 0.0930.